The van der Waals surface area contributed by atoms with Crippen molar-refractivity contribution in [3.05, 3.63) is 75.2 Å². The lowest BCUT2D eigenvalue weighted by atomic mass is 10.0. The van der Waals surface area contributed by atoms with Crippen LogP contribution in [-0.2, 0) is 17.8 Å². The fourth-order valence-corrected chi connectivity index (χ4v) is 5.14. The van der Waals surface area contributed by atoms with Gasteiger partial charge < -0.3 is 14.1 Å². The molecule has 0 saturated carbocycles. The first kappa shape index (κ1) is 23.4. The number of tetrazole rings is 1. The van der Waals surface area contributed by atoms with E-state index in [1.54, 1.807) is 10.9 Å². The summed E-state index contributed by atoms with van der Waals surface area (Å²) < 4.78 is 13.3. The Balaban J connectivity index is 1.50. The Bertz CT molecular complexity index is 1340. The van der Waals surface area contributed by atoms with Gasteiger partial charge in [0, 0.05) is 25.3 Å². The van der Waals surface area contributed by atoms with Crippen molar-refractivity contribution in [2.45, 2.75) is 65.3 Å². The van der Waals surface area contributed by atoms with E-state index >= 15 is 0 Å². The lowest BCUT2D eigenvalue weighted by Crippen LogP contribution is -2.37. The molecule has 9 heteroatoms. The zero-order valence-corrected chi connectivity index (χ0v) is 20.5. The van der Waals surface area contributed by atoms with Crippen molar-refractivity contribution in [1.82, 2.24) is 30.1 Å². The maximum atomic E-state index is 13.1. The Morgan fingerprint density at radius 1 is 1.29 bits per heavy atom. The Morgan fingerprint density at radius 3 is 2.91 bits per heavy atom. The molecule has 4 heterocycles. The quantitative estimate of drug-likeness (QED) is 0.391. The number of nitrogens with zero attached hydrogens (tertiary/aromatic N) is 5. The number of hydrogen-bond donors (Lipinski definition) is 1. The van der Waals surface area contributed by atoms with Crippen molar-refractivity contribution in [2.75, 3.05) is 13.2 Å². The van der Waals surface area contributed by atoms with E-state index < -0.39 is 0 Å². The minimum absolute atomic E-state index is 0.0631. The molecule has 0 radical (unpaired) electrons. The molecule has 184 valence electrons. The van der Waals surface area contributed by atoms with Crippen LogP contribution in [0.15, 0.2) is 45.8 Å². The third kappa shape index (κ3) is 5.06. The Hall–Kier alpha value is -3.30. The molecule has 0 bridgehead atoms. The van der Waals surface area contributed by atoms with Crippen LogP contribution >= 0.6 is 0 Å². The fraction of sp³-hybridized carbons (Fsp3) is 0.462. The molecule has 3 aromatic heterocycles. The van der Waals surface area contributed by atoms with Crippen LogP contribution in [0.5, 0.6) is 0 Å². The van der Waals surface area contributed by atoms with Gasteiger partial charge in [0.15, 0.2) is 5.82 Å². The number of H-pyrrole nitrogens is 1. The van der Waals surface area contributed by atoms with Gasteiger partial charge in [-0.3, -0.25) is 9.69 Å². The summed E-state index contributed by atoms with van der Waals surface area (Å²) in [6.07, 6.45) is 4.63. The summed E-state index contributed by atoms with van der Waals surface area (Å²) in [5.74, 6) is 1.54. The fourth-order valence-electron chi connectivity index (χ4n) is 5.14. The first-order chi connectivity index (χ1) is 17.0. The van der Waals surface area contributed by atoms with Crippen molar-refractivity contribution in [3.8, 4) is 0 Å². The van der Waals surface area contributed by atoms with Crippen molar-refractivity contribution < 1.29 is 9.15 Å². The van der Waals surface area contributed by atoms with Gasteiger partial charge in [0.2, 0.25) is 0 Å². The normalized spacial score (nSPS) is 17.0. The Labute approximate surface area is 204 Å². The van der Waals surface area contributed by atoms with Crippen molar-refractivity contribution in [1.29, 1.82) is 0 Å². The van der Waals surface area contributed by atoms with Gasteiger partial charge in [-0.15, -0.1) is 5.10 Å². The van der Waals surface area contributed by atoms with Crippen molar-refractivity contribution in [3.63, 3.8) is 0 Å². The van der Waals surface area contributed by atoms with E-state index in [4.69, 9.17) is 9.15 Å². The van der Waals surface area contributed by atoms with E-state index in [0.29, 0.717) is 19.6 Å². The molecular formula is C26H32N6O3. The highest BCUT2D eigenvalue weighted by atomic mass is 16.5. The average molecular weight is 477 g/mol. The molecule has 0 unspecified atom stereocenters. The topological polar surface area (TPSA) is 102 Å². The molecular weight excluding hydrogens is 444 g/mol. The number of benzene rings is 1. The highest BCUT2D eigenvalue weighted by Gasteiger charge is 2.29. The SMILES string of the molecule is CC[C@@H](c1nnnn1Cc1ccco1)N(Cc1cc2cc(C)cc(C)c2[nH]c1=O)C[C@H]1CCCO1. The molecule has 0 aliphatic carbocycles. The lowest BCUT2D eigenvalue weighted by Gasteiger charge is -2.32. The van der Waals surface area contributed by atoms with E-state index in [2.05, 4.69) is 51.4 Å². The number of ether oxygens (including phenoxy) is 1. The second-order valence-electron chi connectivity index (χ2n) is 9.43. The molecule has 0 spiro atoms. The molecule has 1 fully saturated rings. The minimum atomic E-state index is -0.0847. The van der Waals surface area contributed by atoms with Gasteiger partial charge in [-0.05, 0) is 78.8 Å². The monoisotopic (exact) mass is 476 g/mol. The predicted octanol–water partition coefficient (Wildman–Crippen LogP) is 3.91. The summed E-state index contributed by atoms with van der Waals surface area (Å²) in [4.78, 5) is 18.6. The summed E-state index contributed by atoms with van der Waals surface area (Å²) in [6.45, 7) is 8.64. The summed E-state index contributed by atoms with van der Waals surface area (Å²) >= 11 is 0. The molecule has 0 amide bonds. The molecule has 4 aromatic rings. The summed E-state index contributed by atoms with van der Waals surface area (Å²) in [5, 5.41) is 13.6. The van der Waals surface area contributed by atoms with Gasteiger partial charge in [0.1, 0.15) is 12.3 Å². The standard InChI is InChI=1S/C26H32N6O3/c1-4-23(25-28-29-30-32(25)16-22-8-6-10-35-22)31(15-21-7-5-9-34-21)14-20-13-19-12-17(2)11-18(3)24(19)27-26(20)33/h6,8,10-13,21,23H,4-5,7,9,14-16H2,1-3H3,(H,27,33)/t21-,23+/m1/s1. The summed E-state index contributed by atoms with van der Waals surface area (Å²) in [5.41, 5.74) is 3.80. The third-order valence-electron chi connectivity index (χ3n) is 6.78. The molecule has 9 nitrogen and oxygen atoms in total. The van der Waals surface area contributed by atoms with Gasteiger partial charge in [0.25, 0.3) is 5.56 Å². The van der Waals surface area contributed by atoms with Crippen LogP contribution in [-0.4, -0.2) is 49.3 Å². The number of pyridine rings is 1. The highest BCUT2D eigenvalue weighted by molar-refractivity contribution is 5.82. The number of rotatable bonds is 9. The number of fused-ring (bicyclic) bond motifs is 1. The molecule has 1 saturated heterocycles. The summed E-state index contributed by atoms with van der Waals surface area (Å²) in [6, 6.07) is 9.92. The first-order valence-electron chi connectivity index (χ1n) is 12.3. The van der Waals surface area contributed by atoms with Gasteiger partial charge in [-0.25, -0.2) is 4.68 Å². The predicted molar refractivity (Wildman–Crippen MR) is 132 cm³/mol. The number of hydrogen-bond acceptors (Lipinski definition) is 7. The number of aryl methyl sites for hydroxylation is 2. The number of nitrogens with one attached hydrogen (secondary N) is 1. The number of aromatic amines is 1. The highest BCUT2D eigenvalue weighted by Crippen LogP contribution is 2.27. The van der Waals surface area contributed by atoms with Crippen LogP contribution in [0, 0.1) is 13.8 Å². The minimum Gasteiger partial charge on any atom is -0.467 e. The first-order valence-corrected chi connectivity index (χ1v) is 12.3. The van der Waals surface area contributed by atoms with Gasteiger partial charge in [0.05, 0.1) is 23.9 Å². The van der Waals surface area contributed by atoms with Crippen LogP contribution < -0.4 is 5.56 Å². The maximum absolute atomic E-state index is 13.1. The Morgan fingerprint density at radius 2 is 2.17 bits per heavy atom. The molecule has 1 aliphatic rings. The van der Waals surface area contributed by atoms with Crippen LogP contribution in [0.25, 0.3) is 10.9 Å². The molecule has 1 aliphatic heterocycles. The lowest BCUT2D eigenvalue weighted by molar-refractivity contribution is 0.0488. The van der Waals surface area contributed by atoms with Crippen molar-refractivity contribution >= 4 is 10.9 Å². The smallest absolute Gasteiger partial charge is 0.252 e. The second kappa shape index (κ2) is 10.1. The van der Waals surface area contributed by atoms with Crippen LogP contribution in [0.2, 0.25) is 0 Å². The second-order valence-corrected chi connectivity index (χ2v) is 9.43. The van der Waals surface area contributed by atoms with E-state index in [1.165, 1.54) is 5.56 Å². The zero-order valence-electron chi connectivity index (χ0n) is 20.5. The van der Waals surface area contributed by atoms with E-state index in [0.717, 1.165) is 59.5 Å². The number of aromatic nitrogens is 5. The third-order valence-corrected chi connectivity index (χ3v) is 6.78. The average Bonchev–Trinajstić information content (AvgIpc) is 3.60. The Kier molecular flexibility index (Phi) is 6.79. The van der Waals surface area contributed by atoms with E-state index in [9.17, 15) is 4.79 Å². The molecule has 1 aromatic carbocycles. The zero-order chi connectivity index (χ0) is 24.4. The van der Waals surface area contributed by atoms with E-state index in [-0.39, 0.29) is 17.7 Å². The van der Waals surface area contributed by atoms with Gasteiger partial charge in [-0.2, -0.15) is 0 Å². The van der Waals surface area contributed by atoms with Crippen molar-refractivity contribution in [2.24, 2.45) is 0 Å². The molecule has 5 rings (SSSR count). The molecule has 1 N–H and O–H groups in total. The van der Waals surface area contributed by atoms with Crippen LogP contribution in [0.4, 0.5) is 0 Å². The van der Waals surface area contributed by atoms with Gasteiger partial charge in [-0.1, -0.05) is 18.6 Å². The van der Waals surface area contributed by atoms with Gasteiger partial charge >= 0.3 is 0 Å². The van der Waals surface area contributed by atoms with E-state index in [1.807, 2.05) is 25.1 Å². The summed E-state index contributed by atoms with van der Waals surface area (Å²) in [7, 11) is 0. The largest absolute Gasteiger partial charge is 0.467 e. The van der Waals surface area contributed by atoms with Crippen LogP contribution in [0.1, 0.15) is 60.5 Å². The number of furan rings is 1. The maximum Gasteiger partial charge on any atom is 0.252 e. The molecule has 35 heavy (non-hydrogen) atoms. The molecule has 2 atom stereocenters. The van der Waals surface area contributed by atoms with Crippen LogP contribution in [0.3, 0.4) is 0 Å².